The number of nitrogens with zero attached hydrogens (tertiary/aromatic N) is 4. The van der Waals surface area contributed by atoms with Crippen LogP contribution in [0.15, 0.2) is 48.8 Å². The second-order valence-corrected chi connectivity index (χ2v) is 20.9. The lowest BCUT2D eigenvalue weighted by atomic mass is 9.32. The zero-order chi connectivity index (χ0) is 38.9. The molecule has 54 heavy (non-hydrogen) atoms. The van der Waals surface area contributed by atoms with Crippen LogP contribution in [0.1, 0.15) is 117 Å². The number of amides is 4. The first-order valence-corrected chi connectivity index (χ1v) is 21.5. The molecule has 0 spiro atoms. The van der Waals surface area contributed by atoms with Gasteiger partial charge in [0.25, 0.3) is 0 Å². The van der Waals surface area contributed by atoms with Crippen molar-refractivity contribution in [2.45, 2.75) is 130 Å². The summed E-state index contributed by atoms with van der Waals surface area (Å²) in [7, 11) is 0. The average molecular weight is 780 g/mol. The number of primary amides is 2. The third-order valence-corrected chi connectivity index (χ3v) is 18.3. The molecule has 7 rings (SSSR count). The lowest BCUT2D eigenvalue weighted by molar-refractivity contribution is -0.244. The van der Waals surface area contributed by atoms with E-state index in [-0.39, 0.29) is 51.1 Å². The number of pyridine rings is 2. The summed E-state index contributed by atoms with van der Waals surface area (Å²) in [5.74, 6) is 2.51. The molecule has 2 aromatic rings. The maximum atomic E-state index is 13.1. The number of rotatable bonds is 9. The molecule has 0 radical (unpaired) electrons. The van der Waals surface area contributed by atoms with Gasteiger partial charge in [0.2, 0.25) is 0 Å². The van der Waals surface area contributed by atoms with Gasteiger partial charge < -0.3 is 21.3 Å². The topological polar surface area (TPSA) is 118 Å². The Morgan fingerprint density at radius 3 is 2.06 bits per heavy atom. The molecule has 0 saturated heterocycles. The predicted octanol–water partition coefficient (Wildman–Crippen LogP) is 9.62. The van der Waals surface area contributed by atoms with Crippen LogP contribution in [-0.2, 0) is 13.1 Å². The number of fused-ring (bicyclic) bond motifs is 7. The molecule has 2 heterocycles. The van der Waals surface area contributed by atoms with Crippen molar-refractivity contribution in [3.05, 3.63) is 60.2 Å². The quantitative estimate of drug-likeness (QED) is 0.247. The Hall–Kier alpha value is -2.58. The lowest BCUT2D eigenvalue weighted by Crippen LogP contribution is -2.68. The molecule has 4 N–H and O–H groups in total. The molecule has 296 valence electrons. The van der Waals surface area contributed by atoms with E-state index in [1.807, 2.05) is 46.2 Å². The number of carbonyl (C=O) groups excluding carboxylic acids is 2. The van der Waals surface area contributed by atoms with Crippen LogP contribution in [0.2, 0.25) is 0 Å². The molecule has 8 nitrogen and oxygen atoms in total. The minimum absolute atomic E-state index is 0.0529. The summed E-state index contributed by atoms with van der Waals surface area (Å²) in [6, 6.07) is 11.0. The van der Waals surface area contributed by atoms with E-state index in [9.17, 15) is 9.59 Å². The Morgan fingerprint density at radius 2 is 1.46 bits per heavy atom. The standard InChI is InChI=1S/C44H64Cl2N6O2/c1-39(2)33-16-19-42(5)34(40(33,3)18-17-35(39)52(38(48)54)26-30-12-8-10-24-50-30)14-13-31-36-32(43(6,46)27-45)15-20-44(36,22-21-41(31,42)4)28-51(37(47)53)25-29-11-7-9-23-49-29/h7-12,23-24,31-36H,13-22,25-28H2,1-6H3,(H2,47,53)(H2,48,54)/t31-,32-,33+,34-,35?,36+,40+,41-,42-,43?,44-/m1/s1. The number of urea groups is 2. The highest BCUT2D eigenvalue weighted by Crippen LogP contribution is 2.78. The summed E-state index contributed by atoms with van der Waals surface area (Å²) in [5, 5.41) is 0. The van der Waals surface area contributed by atoms with Crippen LogP contribution < -0.4 is 11.5 Å². The third-order valence-electron chi connectivity index (χ3n) is 17.2. The Morgan fingerprint density at radius 1 is 0.796 bits per heavy atom. The van der Waals surface area contributed by atoms with Crippen LogP contribution in [0.4, 0.5) is 9.59 Å². The van der Waals surface area contributed by atoms with Crippen LogP contribution in [0.3, 0.4) is 0 Å². The van der Waals surface area contributed by atoms with Gasteiger partial charge >= 0.3 is 12.1 Å². The first-order valence-electron chi connectivity index (χ1n) is 20.6. The smallest absolute Gasteiger partial charge is 0.315 e. The van der Waals surface area contributed by atoms with Crippen LogP contribution in [0.5, 0.6) is 0 Å². The number of hydrogen-bond donors (Lipinski definition) is 2. The number of nitrogens with two attached hydrogens (primary N) is 2. The molecule has 4 amide bonds. The molecule has 10 heteroatoms. The summed E-state index contributed by atoms with van der Waals surface area (Å²) in [4.78, 5) is 38.6. The van der Waals surface area contributed by atoms with Gasteiger partial charge in [-0.3, -0.25) is 9.97 Å². The van der Waals surface area contributed by atoms with Gasteiger partial charge in [0.1, 0.15) is 0 Å². The highest BCUT2D eigenvalue weighted by atomic mass is 35.5. The Labute approximate surface area is 333 Å². The van der Waals surface area contributed by atoms with Gasteiger partial charge in [-0.15, -0.1) is 23.2 Å². The molecule has 2 unspecified atom stereocenters. The van der Waals surface area contributed by atoms with E-state index >= 15 is 0 Å². The molecular weight excluding hydrogens is 715 g/mol. The molecule has 5 aliphatic carbocycles. The number of aromatic nitrogens is 2. The molecule has 5 saturated carbocycles. The van der Waals surface area contributed by atoms with Crippen molar-refractivity contribution in [1.82, 2.24) is 19.8 Å². The molecule has 5 fully saturated rings. The van der Waals surface area contributed by atoms with E-state index in [1.165, 1.54) is 12.8 Å². The van der Waals surface area contributed by atoms with E-state index in [0.717, 1.165) is 62.8 Å². The van der Waals surface area contributed by atoms with Gasteiger partial charge in [-0.05, 0) is 152 Å². The Bertz CT molecular complexity index is 1690. The highest BCUT2D eigenvalue weighted by Gasteiger charge is 2.72. The molecular formula is C44H64Cl2N6O2. The van der Waals surface area contributed by atoms with Crippen molar-refractivity contribution in [1.29, 1.82) is 0 Å². The molecule has 11 atom stereocenters. The molecule has 5 aliphatic rings. The SMILES string of the molecule is CC(Cl)(CCl)[C@@H]1CC[C@]2(CN(Cc3ccccn3)C(N)=O)CC[C@]3(C)[C@H](CC[C@@H]4[C@@]5(C)CCC(N(Cc6ccccn6)C(N)=O)C(C)(C)[C@@H]5CC[C@]43C)[C@@H]12. The zero-order valence-electron chi connectivity index (χ0n) is 33.5. The fraction of sp³-hybridized carbons (Fsp3) is 0.727. The average Bonchev–Trinajstić information content (AvgIpc) is 3.52. The van der Waals surface area contributed by atoms with Gasteiger partial charge in [-0.2, -0.15) is 0 Å². The summed E-state index contributed by atoms with van der Waals surface area (Å²) < 4.78 is 0. The second kappa shape index (κ2) is 14.1. The van der Waals surface area contributed by atoms with Gasteiger partial charge in [0.15, 0.2) is 0 Å². The van der Waals surface area contributed by atoms with E-state index in [1.54, 1.807) is 12.4 Å². The van der Waals surface area contributed by atoms with Crippen molar-refractivity contribution in [2.24, 2.45) is 68.1 Å². The maximum Gasteiger partial charge on any atom is 0.315 e. The van der Waals surface area contributed by atoms with Gasteiger partial charge in [0.05, 0.1) is 29.4 Å². The molecule has 0 aliphatic heterocycles. The number of alkyl halides is 2. The van der Waals surface area contributed by atoms with Crippen molar-refractivity contribution >= 4 is 35.3 Å². The second-order valence-electron chi connectivity index (χ2n) is 19.8. The fourth-order valence-electron chi connectivity index (χ4n) is 14.6. The number of halogens is 2. The van der Waals surface area contributed by atoms with E-state index in [2.05, 4.69) is 51.5 Å². The van der Waals surface area contributed by atoms with Gasteiger partial charge in [-0.25, -0.2) is 9.59 Å². The zero-order valence-corrected chi connectivity index (χ0v) is 35.0. The Kier molecular flexibility index (Phi) is 10.4. The summed E-state index contributed by atoms with van der Waals surface area (Å²) in [6.45, 7) is 16.3. The molecule has 0 bridgehead atoms. The number of carbonyl (C=O) groups is 2. The summed E-state index contributed by atoms with van der Waals surface area (Å²) in [5.41, 5.74) is 14.2. The van der Waals surface area contributed by atoms with E-state index in [4.69, 9.17) is 34.7 Å². The summed E-state index contributed by atoms with van der Waals surface area (Å²) >= 11 is 14.2. The van der Waals surface area contributed by atoms with Crippen LogP contribution >= 0.6 is 23.2 Å². The first kappa shape index (κ1) is 39.6. The Balaban J connectivity index is 1.20. The van der Waals surface area contributed by atoms with Crippen LogP contribution in [0.25, 0.3) is 0 Å². The van der Waals surface area contributed by atoms with Crippen molar-refractivity contribution in [3.8, 4) is 0 Å². The fourth-order valence-corrected chi connectivity index (χ4v) is 15.1. The van der Waals surface area contributed by atoms with E-state index < -0.39 is 4.87 Å². The predicted molar refractivity (Wildman–Crippen MR) is 217 cm³/mol. The van der Waals surface area contributed by atoms with Crippen LogP contribution in [0, 0.1) is 56.7 Å². The highest BCUT2D eigenvalue weighted by molar-refractivity contribution is 6.30. The van der Waals surface area contributed by atoms with E-state index in [0.29, 0.717) is 49.2 Å². The molecule has 2 aromatic heterocycles. The minimum atomic E-state index is -0.532. The minimum Gasteiger partial charge on any atom is -0.351 e. The lowest BCUT2D eigenvalue weighted by Gasteiger charge is -2.73. The normalized spacial score (nSPS) is 39.2. The first-order chi connectivity index (χ1) is 25.4. The van der Waals surface area contributed by atoms with Crippen molar-refractivity contribution < 1.29 is 9.59 Å². The third kappa shape index (κ3) is 6.23. The van der Waals surface area contributed by atoms with Crippen molar-refractivity contribution in [3.63, 3.8) is 0 Å². The van der Waals surface area contributed by atoms with Crippen LogP contribution in [-0.4, -0.2) is 55.2 Å². The van der Waals surface area contributed by atoms with Gasteiger partial charge in [0, 0.05) is 30.9 Å². The maximum absolute atomic E-state index is 13.1. The van der Waals surface area contributed by atoms with Crippen molar-refractivity contribution in [2.75, 3.05) is 12.4 Å². The summed E-state index contributed by atoms with van der Waals surface area (Å²) in [6.07, 6.45) is 14.5. The monoisotopic (exact) mass is 778 g/mol. The molecule has 0 aromatic carbocycles. The van der Waals surface area contributed by atoms with Gasteiger partial charge in [-0.1, -0.05) is 46.8 Å². The number of hydrogen-bond acceptors (Lipinski definition) is 4. The largest absolute Gasteiger partial charge is 0.351 e.